The van der Waals surface area contributed by atoms with Gasteiger partial charge in [-0.25, -0.2) is 0 Å². The largest absolute Gasteiger partial charge is 0.370 e. The highest BCUT2D eigenvalue weighted by Crippen LogP contribution is 2.43. The number of hydrogen-bond donors (Lipinski definition) is 0. The van der Waals surface area contributed by atoms with Gasteiger partial charge in [-0.2, -0.15) is 0 Å². The van der Waals surface area contributed by atoms with Crippen molar-refractivity contribution in [2.75, 3.05) is 55.6 Å². The zero-order chi connectivity index (χ0) is 25.4. The number of carbonyl (C=O) groups excluding carboxylic acids is 1. The van der Waals surface area contributed by atoms with Gasteiger partial charge in [0.2, 0.25) is 5.91 Å². The average molecular weight is 507 g/mol. The zero-order valence-electron chi connectivity index (χ0n) is 23.6. The minimum atomic E-state index is -0.124. The maximum Gasteiger partial charge on any atom is 0.233 e. The Labute approximate surface area is 225 Å². The van der Waals surface area contributed by atoms with Crippen molar-refractivity contribution in [3.8, 4) is 0 Å². The molecule has 0 bridgehead atoms. The van der Waals surface area contributed by atoms with Crippen LogP contribution in [0.5, 0.6) is 0 Å². The summed E-state index contributed by atoms with van der Waals surface area (Å²) in [6.07, 6.45) is 15.4. The van der Waals surface area contributed by atoms with E-state index in [1.165, 1.54) is 75.7 Å². The highest BCUT2D eigenvalue weighted by molar-refractivity contribution is 5.99. The molecule has 0 radical (unpaired) electrons. The maximum absolute atomic E-state index is 14.0. The third-order valence-electron chi connectivity index (χ3n) is 10.9. The fourth-order valence-corrected chi connectivity index (χ4v) is 8.55. The van der Waals surface area contributed by atoms with Crippen LogP contribution in [0.1, 0.15) is 89.5 Å². The Morgan fingerprint density at radius 3 is 2.41 bits per heavy atom. The van der Waals surface area contributed by atoms with Gasteiger partial charge in [0, 0.05) is 49.6 Å². The smallest absolute Gasteiger partial charge is 0.233 e. The average Bonchev–Trinajstić information content (AvgIpc) is 3.57. The highest BCUT2D eigenvalue weighted by atomic mass is 16.2. The first-order chi connectivity index (χ1) is 18.0. The minimum absolute atomic E-state index is 0.124. The molecule has 37 heavy (non-hydrogen) atoms. The van der Waals surface area contributed by atoms with Crippen molar-refractivity contribution < 1.29 is 4.79 Å². The molecule has 5 aliphatic rings. The number of likely N-dealkylation sites (tertiary alicyclic amines) is 2. The van der Waals surface area contributed by atoms with E-state index in [4.69, 9.17) is 0 Å². The SMILES string of the molecule is Cc1cc(N2CC[C@H](N3CCC[C@@H]3C)C2)ccc1N1CCCC2(CCN(CC3CCCCC3)CC2)C1=O. The summed E-state index contributed by atoms with van der Waals surface area (Å²) in [6.45, 7) is 12.6. The molecular formula is C32H50N4O. The first-order valence-corrected chi connectivity index (χ1v) is 15.7. The molecule has 5 heteroatoms. The molecule has 0 aromatic heterocycles. The fraction of sp³-hybridized carbons (Fsp3) is 0.781. The predicted molar refractivity (Wildman–Crippen MR) is 153 cm³/mol. The lowest BCUT2D eigenvalue weighted by molar-refractivity contribution is -0.133. The van der Waals surface area contributed by atoms with Gasteiger partial charge in [0.05, 0.1) is 5.41 Å². The first-order valence-electron chi connectivity index (χ1n) is 15.7. The van der Waals surface area contributed by atoms with Crippen molar-refractivity contribution in [3.63, 3.8) is 0 Å². The quantitative estimate of drug-likeness (QED) is 0.501. The minimum Gasteiger partial charge on any atom is -0.370 e. The molecule has 0 N–H and O–H groups in total. The predicted octanol–water partition coefficient (Wildman–Crippen LogP) is 5.85. The van der Waals surface area contributed by atoms with Crippen LogP contribution in [-0.4, -0.2) is 73.6 Å². The van der Waals surface area contributed by atoms with Crippen molar-refractivity contribution in [2.45, 2.75) is 103 Å². The Morgan fingerprint density at radius 2 is 1.68 bits per heavy atom. The lowest BCUT2D eigenvalue weighted by atomic mass is 9.71. The molecule has 1 amide bonds. The van der Waals surface area contributed by atoms with Crippen LogP contribution in [0.2, 0.25) is 0 Å². The molecular weight excluding hydrogens is 456 g/mol. The third-order valence-corrected chi connectivity index (χ3v) is 10.9. The molecule has 2 atom stereocenters. The highest BCUT2D eigenvalue weighted by Gasteiger charge is 2.46. The van der Waals surface area contributed by atoms with Gasteiger partial charge in [0.15, 0.2) is 0 Å². The third kappa shape index (κ3) is 5.20. The van der Waals surface area contributed by atoms with Gasteiger partial charge in [0.25, 0.3) is 0 Å². The molecule has 1 saturated carbocycles. The van der Waals surface area contributed by atoms with Crippen molar-refractivity contribution in [3.05, 3.63) is 23.8 Å². The number of rotatable bonds is 5. The molecule has 1 spiro atoms. The van der Waals surface area contributed by atoms with Crippen LogP contribution in [0.3, 0.4) is 0 Å². The Balaban J connectivity index is 1.09. The topological polar surface area (TPSA) is 30.0 Å². The van der Waals surface area contributed by atoms with Crippen LogP contribution >= 0.6 is 0 Å². The van der Waals surface area contributed by atoms with Crippen LogP contribution in [0.15, 0.2) is 18.2 Å². The van der Waals surface area contributed by atoms with Crippen molar-refractivity contribution >= 4 is 17.3 Å². The van der Waals surface area contributed by atoms with E-state index >= 15 is 0 Å². The molecule has 0 unspecified atom stereocenters. The van der Waals surface area contributed by atoms with Gasteiger partial charge in [-0.3, -0.25) is 9.69 Å². The van der Waals surface area contributed by atoms with Gasteiger partial charge in [-0.05, 0) is 121 Å². The molecule has 6 rings (SSSR count). The number of nitrogens with zero attached hydrogens (tertiary/aromatic N) is 4. The van der Waals surface area contributed by atoms with E-state index in [0.717, 1.165) is 76.1 Å². The normalized spacial score (nSPS) is 30.1. The van der Waals surface area contributed by atoms with Crippen LogP contribution < -0.4 is 9.80 Å². The lowest BCUT2D eigenvalue weighted by Gasteiger charge is -2.47. The monoisotopic (exact) mass is 506 g/mol. The van der Waals surface area contributed by atoms with Crippen molar-refractivity contribution in [2.24, 2.45) is 11.3 Å². The summed E-state index contributed by atoms with van der Waals surface area (Å²) < 4.78 is 0. The summed E-state index contributed by atoms with van der Waals surface area (Å²) in [4.78, 5) is 24.2. The Morgan fingerprint density at radius 1 is 0.865 bits per heavy atom. The number of aryl methyl sites for hydroxylation is 1. The second-order valence-electron chi connectivity index (χ2n) is 13.2. The Kier molecular flexibility index (Phi) is 7.55. The summed E-state index contributed by atoms with van der Waals surface area (Å²) in [5.74, 6) is 1.31. The van der Waals surface area contributed by atoms with Crippen molar-refractivity contribution in [1.29, 1.82) is 0 Å². The Bertz CT molecular complexity index is 948. The number of piperidine rings is 2. The second kappa shape index (κ2) is 10.9. The summed E-state index contributed by atoms with van der Waals surface area (Å²) in [5.41, 5.74) is 3.63. The number of hydrogen-bond acceptors (Lipinski definition) is 4. The standard InChI is InChI=1S/C32H50N4O/c1-25-22-28(34-19-13-29(24-34)35-17-6-8-26(35)2)11-12-30(25)36-18-7-14-32(31(36)37)15-20-33(21-16-32)23-27-9-4-3-5-10-27/h11-12,22,26-27,29H,3-10,13-21,23-24H2,1-2H3/t26-,29-/m0/s1. The molecule has 4 aliphatic heterocycles. The van der Waals surface area contributed by atoms with Gasteiger partial charge < -0.3 is 14.7 Å². The summed E-state index contributed by atoms with van der Waals surface area (Å²) >= 11 is 0. The molecule has 1 aromatic rings. The number of benzene rings is 1. The maximum atomic E-state index is 14.0. The van der Waals surface area contributed by atoms with E-state index in [9.17, 15) is 4.79 Å². The first kappa shape index (κ1) is 25.7. The molecule has 5 nitrogen and oxygen atoms in total. The van der Waals surface area contributed by atoms with E-state index in [-0.39, 0.29) is 5.41 Å². The second-order valence-corrected chi connectivity index (χ2v) is 13.2. The van der Waals surface area contributed by atoms with Gasteiger partial charge in [-0.15, -0.1) is 0 Å². The molecule has 4 saturated heterocycles. The van der Waals surface area contributed by atoms with E-state index in [1.54, 1.807) is 0 Å². The van der Waals surface area contributed by atoms with Gasteiger partial charge in [-0.1, -0.05) is 19.3 Å². The molecule has 1 aromatic carbocycles. The van der Waals surface area contributed by atoms with Crippen LogP contribution in [0.4, 0.5) is 11.4 Å². The van der Waals surface area contributed by atoms with Crippen molar-refractivity contribution in [1.82, 2.24) is 9.80 Å². The van der Waals surface area contributed by atoms with E-state index in [1.807, 2.05) is 0 Å². The molecule has 5 fully saturated rings. The van der Waals surface area contributed by atoms with E-state index < -0.39 is 0 Å². The van der Waals surface area contributed by atoms with Crippen LogP contribution in [0, 0.1) is 18.3 Å². The zero-order valence-corrected chi connectivity index (χ0v) is 23.6. The number of carbonyl (C=O) groups is 1. The number of amides is 1. The van der Waals surface area contributed by atoms with Gasteiger partial charge >= 0.3 is 0 Å². The summed E-state index contributed by atoms with van der Waals surface area (Å²) in [5, 5.41) is 0. The van der Waals surface area contributed by atoms with Crippen LogP contribution in [0.25, 0.3) is 0 Å². The Hall–Kier alpha value is -1.59. The fourth-order valence-electron chi connectivity index (χ4n) is 8.55. The molecule has 204 valence electrons. The van der Waals surface area contributed by atoms with Crippen LogP contribution in [-0.2, 0) is 4.79 Å². The van der Waals surface area contributed by atoms with E-state index in [0.29, 0.717) is 11.9 Å². The number of anilines is 2. The van der Waals surface area contributed by atoms with E-state index in [2.05, 4.69) is 51.6 Å². The summed E-state index contributed by atoms with van der Waals surface area (Å²) in [6, 6.07) is 8.34. The summed E-state index contributed by atoms with van der Waals surface area (Å²) in [7, 11) is 0. The molecule has 4 heterocycles. The molecule has 1 aliphatic carbocycles. The van der Waals surface area contributed by atoms with Gasteiger partial charge in [0.1, 0.15) is 0 Å². The lowest BCUT2D eigenvalue weighted by Crippen LogP contribution is -2.54.